The van der Waals surface area contributed by atoms with Crippen LogP contribution in [0.1, 0.15) is 38.3 Å². The lowest BCUT2D eigenvalue weighted by molar-refractivity contribution is -0.141. The zero-order valence-corrected chi connectivity index (χ0v) is 14.9. The Kier molecular flexibility index (Phi) is 4.61. The number of rotatable bonds is 7. The van der Waals surface area contributed by atoms with E-state index in [9.17, 15) is 13.2 Å². The molecule has 0 radical (unpaired) electrons. The van der Waals surface area contributed by atoms with Gasteiger partial charge in [-0.25, -0.2) is 4.98 Å². The zero-order chi connectivity index (χ0) is 19.0. The lowest BCUT2D eigenvalue weighted by Gasteiger charge is -2.15. The second-order valence-electron chi connectivity index (χ2n) is 7.31. The van der Waals surface area contributed by atoms with Gasteiger partial charge in [0.05, 0.1) is 0 Å². The molecule has 2 N–H and O–H groups in total. The maximum Gasteiger partial charge on any atom is 0.433 e. The number of halogens is 3. The first-order valence-electron chi connectivity index (χ1n) is 9.19. The van der Waals surface area contributed by atoms with Crippen molar-refractivity contribution in [2.45, 2.75) is 44.8 Å². The van der Waals surface area contributed by atoms with Gasteiger partial charge in [0.1, 0.15) is 11.4 Å². The van der Waals surface area contributed by atoms with Crippen LogP contribution < -0.4 is 10.6 Å². The summed E-state index contributed by atoms with van der Waals surface area (Å²) in [5, 5.41) is 6.42. The largest absolute Gasteiger partial charge is 0.433 e. The Bertz CT molecular complexity index is 817. The van der Waals surface area contributed by atoms with Crippen molar-refractivity contribution >= 4 is 11.9 Å². The van der Waals surface area contributed by atoms with Crippen molar-refractivity contribution in [2.24, 2.45) is 11.8 Å². The average molecular weight is 378 g/mol. The maximum absolute atomic E-state index is 13.0. The Morgan fingerprint density at radius 3 is 2.44 bits per heavy atom. The van der Waals surface area contributed by atoms with Gasteiger partial charge >= 0.3 is 6.18 Å². The Balaban J connectivity index is 1.63. The van der Waals surface area contributed by atoms with Crippen LogP contribution in [0.3, 0.4) is 0 Å². The summed E-state index contributed by atoms with van der Waals surface area (Å²) in [4.78, 5) is 16.7. The molecule has 0 spiro atoms. The molecule has 0 aliphatic heterocycles. The fraction of sp³-hybridized carbons (Fsp3) is 0.556. The first-order valence-corrected chi connectivity index (χ1v) is 9.19. The highest BCUT2D eigenvalue weighted by Crippen LogP contribution is 2.34. The van der Waals surface area contributed by atoms with Gasteiger partial charge in [-0.2, -0.15) is 28.1 Å². The molecule has 0 bridgehead atoms. The number of anilines is 2. The van der Waals surface area contributed by atoms with E-state index in [0.29, 0.717) is 23.7 Å². The van der Waals surface area contributed by atoms with Crippen LogP contribution in [0.15, 0.2) is 18.2 Å². The van der Waals surface area contributed by atoms with Gasteiger partial charge in [-0.1, -0.05) is 6.07 Å². The van der Waals surface area contributed by atoms with Crippen LogP contribution in [0.4, 0.5) is 25.1 Å². The quantitative estimate of drug-likeness (QED) is 0.759. The minimum absolute atomic E-state index is 0.0730. The molecule has 2 aliphatic carbocycles. The number of nitrogens with one attached hydrogen (secondary N) is 2. The highest BCUT2D eigenvalue weighted by atomic mass is 19.4. The molecule has 2 aromatic rings. The third-order valence-electron chi connectivity index (χ3n) is 4.84. The molecule has 27 heavy (non-hydrogen) atoms. The van der Waals surface area contributed by atoms with Gasteiger partial charge < -0.3 is 10.6 Å². The van der Waals surface area contributed by atoms with Gasteiger partial charge in [0.15, 0.2) is 5.82 Å². The molecule has 2 saturated carbocycles. The smallest absolute Gasteiger partial charge is 0.354 e. The second kappa shape index (κ2) is 6.94. The van der Waals surface area contributed by atoms with Crippen molar-refractivity contribution in [3.63, 3.8) is 0 Å². The number of hydrogen-bond acceptors (Lipinski definition) is 6. The second-order valence-corrected chi connectivity index (χ2v) is 7.31. The van der Waals surface area contributed by atoms with Crippen molar-refractivity contribution in [2.75, 3.05) is 17.2 Å². The molecule has 6 nitrogen and oxygen atoms in total. The lowest BCUT2D eigenvalue weighted by Crippen LogP contribution is -2.20. The van der Waals surface area contributed by atoms with E-state index in [1.165, 1.54) is 25.0 Å². The number of hydrogen-bond donors (Lipinski definition) is 2. The molecular formula is C18H21F3N6. The fourth-order valence-corrected chi connectivity index (χ4v) is 2.83. The van der Waals surface area contributed by atoms with E-state index in [-0.39, 0.29) is 17.6 Å². The molecule has 2 aliphatic rings. The van der Waals surface area contributed by atoms with E-state index in [1.807, 2.05) is 0 Å². The molecule has 144 valence electrons. The van der Waals surface area contributed by atoms with Crippen LogP contribution in [0, 0.1) is 11.8 Å². The van der Waals surface area contributed by atoms with Crippen LogP contribution in [0.2, 0.25) is 0 Å². The molecule has 2 heterocycles. The summed E-state index contributed by atoms with van der Waals surface area (Å²) in [5.74, 6) is 2.03. The number of aromatic nitrogens is 4. The van der Waals surface area contributed by atoms with Crippen LogP contribution in [-0.4, -0.2) is 32.5 Å². The van der Waals surface area contributed by atoms with Crippen LogP contribution in [-0.2, 0) is 6.18 Å². The van der Waals surface area contributed by atoms with Crippen molar-refractivity contribution < 1.29 is 13.2 Å². The third kappa shape index (κ3) is 4.64. The monoisotopic (exact) mass is 378 g/mol. The molecule has 0 amide bonds. The van der Waals surface area contributed by atoms with Gasteiger partial charge in [0.25, 0.3) is 0 Å². The average Bonchev–Trinajstić information content (AvgIpc) is 3.53. The molecule has 2 fully saturated rings. The summed E-state index contributed by atoms with van der Waals surface area (Å²) < 4.78 is 39.0. The van der Waals surface area contributed by atoms with Gasteiger partial charge in [0, 0.05) is 12.6 Å². The Hall–Kier alpha value is -2.45. The summed E-state index contributed by atoms with van der Waals surface area (Å²) in [6.45, 7) is 2.80. The van der Waals surface area contributed by atoms with Crippen molar-refractivity contribution in [3.8, 4) is 11.5 Å². The normalized spacial score (nSPS) is 18.2. The van der Waals surface area contributed by atoms with Crippen LogP contribution >= 0.6 is 0 Å². The molecule has 1 unspecified atom stereocenters. The topological polar surface area (TPSA) is 75.6 Å². The number of pyridine rings is 1. The molecule has 0 aromatic carbocycles. The molecule has 4 rings (SSSR count). The van der Waals surface area contributed by atoms with Gasteiger partial charge in [-0.15, -0.1) is 0 Å². The Morgan fingerprint density at radius 1 is 1.04 bits per heavy atom. The molecule has 1 atom stereocenters. The molecular weight excluding hydrogens is 357 g/mol. The maximum atomic E-state index is 13.0. The predicted octanol–water partition coefficient (Wildman–Crippen LogP) is 3.98. The minimum Gasteiger partial charge on any atom is -0.354 e. The predicted molar refractivity (Wildman–Crippen MR) is 95.1 cm³/mol. The van der Waals surface area contributed by atoms with Gasteiger partial charge in [-0.3, -0.25) is 0 Å². The van der Waals surface area contributed by atoms with Crippen molar-refractivity contribution in [3.05, 3.63) is 23.9 Å². The molecule has 9 heteroatoms. The molecule has 2 aromatic heterocycles. The Morgan fingerprint density at radius 2 is 1.78 bits per heavy atom. The highest BCUT2D eigenvalue weighted by Gasteiger charge is 2.33. The fourth-order valence-electron chi connectivity index (χ4n) is 2.83. The van der Waals surface area contributed by atoms with Crippen molar-refractivity contribution in [1.82, 2.24) is 19.9 Å². The number of nitrogens with zero attached hydrogens (tertiary/aromatic N) is 4. The summed E-state index contributed by atoms with van der Waals surface area (Å²) in [6, 6.07) is 3.92. The van der Waals surface area contributed by atoms with Gasteiger partial charge in [-0.05, 0) is 56.6 Å². The van der Waals surface area contributed by atoms with E-state index in [0.717, 1.165) is 25.5 Å². The van der Waals surface area contributed by atoms with E-state index >= 15 is 0 Å². The summed E-state index contributed by atoms with van der Waals surface area (Å²) >= 11 is 0. The van der Waals surface area contributed by atoms with E-state index < -0.39 is 11.9 Å². The lowest BCUT2D eigenvalue weighted by atomic mass is 10.2. The first kappa shape index (κ1) is 17.9. The first-order chi connectivity index (χ1) is 12.9. The van der Waals surface area contributed by atoms with E-state index in [2.05, 4.69) is 37.5 Å². The van der Waals surface area contributed by atoms with E-state index in [4.69, 9.17) is 0 Å². The summed E-state index contributed by atoms with van der Waals surface area (Å²) in [6.07, 6.45) is 0.147. The summed E-state index contributed by atoms with van der Waals surface area (Å²) in [5.41, 5.74) is -0.891. The van der Waals surface area contributed by atoms with Crippen LogP contribution in [0.25, 0.3) is 11.5 Å². The molecule has 0 saturated heterocycles. The summed E-state index contributed by atoms with van der Waals surface area (Å²) in [7, 11) is 0. The number of alkyl halides is 3. The minimum atomic E-state index is -4.52. The van der Waals surface area contributed by atoms with Crippen molar-refractivity contribution in [1.29, 1.82) is 0 Å². The van der Waals surface area contributed by atoms with Crippen LogP contribution in [0.5, 0.6) is 0 Å². The van der Waals surface area contributed by atoms with Gasteiger partial charge in [0.2, 0.25) is 11.9 Å². The van der Waals surface area contributed by atoms with E-state index in [1.54, 1.807) is 0 Å². The third-order valence-corrected chi connectivity index (χ3v) is 4.84. The zero-order valence-electron chi connectivity index (χ0n) is 14.9. The Labute approximate surface area is 155 Å². The SMILES string of the molecule is CC(Nc1nc(NCC2CC2)nc(-c2cccc(C(F)(F)F)n2)n1)C1CC1. The highest BCUT2D eigenvalue weighted by molar-refractivity contribution is 5.54. The standard InChI is InChI=1S/C18H21F3N6/c1-10(12-7-8-12)23-17-26-15(25-16(27-17)22-9-11-5-6-11)13-3-2-4-14(24-13)18(19,20)21/h2-4,10-12H,5-9H2,1H3,(H2,22,23,25,26,27).